The molecule has 0 spiro atoms. The normalized spacial score (nSPS) is 10.4. The minimum Gasteiger partial charge on any atom is -0.462 e. The molecular weight excluding hydrogens is 370 g/mol. The average Bonchev–Trinajstić information content (AvgIpc) is 2.72. The summed E-state index contributed by atoms with van der Waals surface area (Å²) in [6, 6.07) is 17.3. The van der Waals surface area contributed by atoms with Crippen LogP contribution in [0.2, 0.25) is 0 Å². The highest BCUT2D eigenvalue weighted by Gasteiger charge is 2.15. The van der Waals surface area contributed by atoms with Crippen molar-refractivity contribution in [3.05, 3.63) is 82.4 Å². The number of amides is 1. The number of hydrogen-bond acceptors (Lipinski definition) is 5. The van der Waals surface area contributed by atoms with Crippen molar-refractivity contribution < 1.29 is 14.3 Å². The van der Waals surface area contributed by atoms with Gasteiger partial charge >= 0.3 is 5.97 Å². The zero-order valence-electron chi connectivity index (χ0n) is 16.2. The van der Waals surface area contributed by atoms with Gasteiger partial charge in [-0.15, -0.1) is 0 Å². The smallest absolute Gasteiger partial charge is 0.340 e. The molecule has 0 atom stereocenters. The van der Waals surface area contributed by atoms with Gasteiger partial charge in [-0.25, -0.2) is 9.78 Å². The van der Waals surface area contributed by atoms with Crippen LogP contribution >= 0.6 is 0 Å². The molecule has 7 heteroatoms. The molecule has 0 saturated heterocycles. The molecule has 0 aliphatic carbocycles. The molecule has 1 N–H and O–H groups in total. The molecule has 0 aliphatic rings. The molecule has 3 rings (SSSR count). The van der Waals surface area contributed by atoms with Crippen molar-refractivity contribution in [1.82, 2.24) is 9.55 Å². The van der Waals surface area contributed by atoms with Gasteiger partial charge in [0.15, 0.2) is 0 Å². The van der Waals surface area contributed by atoms with Gasteiger partial charge in [0.25, 0.3) is 5.56 Å². The van der Waals surface area contributed by atoms with Crippen LogP contribution in [-0.2, 0) is 16.1 Å². The van der Waals surface area contributed by atoms with Gasteiger partial charge in [0.05, 0.1) is 23.6 Å². The van der Waals surface area contributed by atoms with E-state index in [4.69, 9.17) is 4.74 Å². The SMILES string of the molecule is CCOC(=O)c1ccccc1NC(=O)Cn1c(C)nc(-c2ccccc2)cc1=O. The number of nitrogens with one attached hydrogen (secondary N) is 1. The van der Waals surface area contributed by atoms with Crippen molar-refractivity contribution >= 4 is 17.6 Å². The lowest BCUT2D eigenvalue weighted by molar-refractivity contribution is -0.116. The Bertz CT molecular complexity index is 1090. The highest BCUT2D eigenvalue weighted by molar-refractivity contribution is 6.01. The Kier molecular flexibility index (Phi) is 6.19. The summed E-state index contributed by atoms with van der Waals surface area (Å²) in [4.78, 5) is 41.6. The molecule has 148 valence electrons. The quantitative estimate of drug-likeness (QED) is 0.652. The highest BCUT2D eigenvalue weighted by atomic mass is 16.5. The third kappa shape index (κ3) is 4.76. The Hall–Kier alpha value is -3.74. The van der Waals surface area contributed by atoms with Gasteiger partial charge in [-0.2, -0.15) is 0 Å². The molecule has 29 heavy (non-hydrogen) atoms. The first-order valence-electron chi connectivity index (χ1n) is 9.19. The van der Waals surface area contributed by atoms with Crippen LogP contribution in [0.15, 0.2) is 65.5 Å². The third-order valence-electron chi connectivity index (χ3n) is 4.27. The first-order chi connectivity index (χ1) is 14.0. The third-order valence-corrected chi connectivity index (χ3v) is 4.27. The lowest BCUT2D eigenvalue weighted by atomic mass is 10.1. The van der Waals surface area contributed by atoms with Crippen molar-refractivity contribution in [3.63, 3.8) is 0 Å². The second-order valence-electron chi connectivity index (χ2n) is 6.29. The van der Waals surface area contributed by atoms with Crippen molar-refractivity contribution in [3.8, 4) is 11.3 Å². The van der Waals surface area contributed by atoms with Gasteiger partial charge in [0.2, 0.25) is 5.91 Å². The first-order valence-corrected chi connectivity index (χ1v) is 9.19. The summed E-state index contributed by atoms with van der Waals surface area (Å²) in [6.07, 6.45) is 0. The molecule has 1 amide bonds. The van der Waals surface area contributed by atoms with Crippen molar-refractivity contribution in [1.29, 1.82) is 0 Å². The molecule has 7 nitrogen and oxygen atoms in total. The number of ether oxygens (including phenoxy) is 1. The Balaban J connectivity index is 1.80. The van der Waals surface area contributed by atoms with Gasteiger partial charge in [0.1, 0.15) is 12.4 Å². The minimum absolute atomic E-state index is 0.218. The maximum atomic E-state index is 12.6. The second kappa shape index (κ2) is 8.97. The summed E-state index contributed by atoms with van der Waals surface area (Å²) in [5, 5.41) is 2.67. The maximum Gasteiger partial charge on any atom is 0.340 e. The van der Waals surface area contributed by atoms with Crippen LogP contribution in [0.3, 0.4) is 0 Å². The number of anilines is 1. The molecule has 3 aromatic rings. The summed E-state index contributed by atoms with van der Waals surface area (Å²) < 4.78 is 6.29. The Labute approximate surface area is 168 Å². The number of carbonyl (C=O) groups is 2. The van der Waals surface area contributed by atoms with Crippen LogP contribution in [0.25, 0.3) is 11.3 Å². The van der Waals surface area contributed by atoms with E-state index in [9.17, 15) is 14.4 Å². The fraction of sp³-hybridized carbons (Fsp3) is 0.182. The molecule has 0 saturated carbocycles. The Morgan fingerprint density at radius 1 is 1.07 bits per heavy atom. The predicted molar refractivity (Wildman–Crippen MR) is 110 cm³/mol. The van der Waals surface area contributed by atoms with E-state index in [1.165, 1.54) is 10.6 Å². The second-order valence-corrected chi connectivity index (χ2v) is 6.29. The van der Waals surface area contributed by atoms with Crippen LogP contribution in [0.5, 0.6) is 0 Å². The number of hydrogen-bond donors (Lipinski definition) is 1. The largest absolute Gasteiger partial charge is 0.462 e. The monoisotopic (exact) mass is 391 g/mol. The summed E-state index contributed by atoms with van der Waals surface area (Å²) in [5.74, 6) is -0.544. The topological polar surface area (TPSA) is 90.3 Å². The van der Waals surface area contributed by atoms with Crippen LogP contribution < -0.4 is 10.9 Å². The van der Waals surface area contributed by atoms with Crippen molar-refractivity contribution in [2.24, 2.45) is 0 Å². The fourth-order valence-electron chi connectivity index (χ4n) is 2.88. The van der Waals surface area contributed by atoms with E-state index in [1.807, 2.05) is 30.3 Å². The Morgan fingerprint density at radius 2 is 1.76 bits per heavy atom. The van der Waals surface area contributed by atoms with E-state index in [1.54, 1.807) is 38.1 Å². The van der Waals surface area contributed by atoms with E-state index in [0.717, 1.165) is 5.56 Å². The molecule has 0 aliphatic heterocycles. The lowest BCUT2D eigenvalue weighted by Crippen LogP contribution is -2.30. The van der Waals surface area contributed by atoms with Gasteiger partial charge < -0.3 is 10.1 Å². The van der Waals surface area contributed by atoms with E-state index < -0.39 is 11.9 Å². The molecular formula is C22H21N3O4. The first kappa shape index (κ1) is 20.0. The zero-order chi connectivity index (χ0) is 20.8. The van der Waals surface area contributed by atoms with Gasteiger partial charge in [-0.1, -0.05) is 42.5 Å². The fourth-order valence-corrected chi connectivity index (χ4v) is 2.88. The Morgan fingerprint density at radius 3 is 2.45 bits per heavy atom. The number of esters is 1. The van der Waals surface area contributed by atoms with Crippen LogP contribution in [0, 0.1) is 6.92 Å². The zero-order valence-corrected chi connectivity index (χ0v) is 16.2. The predicted octanol–water partition coefficient (Wildman–Crippen LogP) is 3.03. The van der Waals surface area contributed by atoms with E-state index >= 15 is 0 Å². The summed E-state index contributed by atoms with van der Waals surface area (Å²) >= 11 is 0. The van der Waals surface area contributed by atoms with Crippen LogP contribution in [0.1, 0.15) is 23.1 Å². The van der Waals surface area contributed by atoms with E-state index in [2.05, 4.69) is 10.3 Å². The van der Waals surface area contributed by atoms with Gasteiger partial charge in [-0.3, -0.25) is 14.2 Å². The van der Waals surface area contributed by atoms with Gasteiger partial charge in [0, 0.05) is 11.6 Å². The summed E-state index contributed by atoms with van der Waals surface area (Å²) in [7, 11) is 0. The van der Waals surface area contributed by atoms with Gasteiger partial charge in [-0.05, 0) is 26.0 Å². The van der Waals surface area contributed by atoms with E-state index in [-0.39, 0.29) is 24.3 Å². The number of aryl methyl sites for hydroxylation is 1. The number of aromatic nitrogens is 2. The number of rotatable bonds is 6. The molecule has 2 aromatic carbocycles. The minimum atomic E-state index is -0.523. The molecule has 1 aromatic heterocycles. The standard InChI is InChI=1S/C22H21N3O4/c1-3-29-22(28)17-11-7-8-12-18(17)24-20(26)14-25-15(2)23-19(13-21(25)27)16-9-5-4-6-10-16/h4-13H,3,14H2,1-2H3,(H,24,26). The van der Waals surface area contributed by atoms with Crippen molar-refractivity contribution in [2.45, 2.75) is 20.4 Å². The molecule has 0 bridgehead atoms. The number of carbonyl (C=O) groups excluding carboxylic acids is 2. The number of nitrogens with zero attached hydrogens (tertiary/aromatic N) is 2. The number of benzene rings is 2. The lowest BCUT2D eigenvalue weighted by Gasteiger charge is -2.13. The van der Waals surface area contributed by atoms with Crippen LogP contribution in [-0.4, -0.2) is 28.0 Å². The van der Waals surface area contributed by atoms with E-state index in [0.29, 0.717) is 17.2 Å². The molecule has 0 radical (unpaired) electrons. The maximum absolute atomic E-state index is 12.6. The summed E-state index contributed by atoms with van der Waals surface area (Å²) in [5.41, 5.74) is 1.63. The molecule has 0 unspecified atom stereocenters. The highest BCUT2D eigenvalue weighted by Crippen LogP contribution is 2.17. The average molecular weight is 391 g/mol. The molecule has 0 fully saturated rings. The molecule has 1 heterocycles. The number of para-hydroxylation sites is 1. The van der Waals surface area contributed by atoms with Crippen LogP contribution in [0.4, 0.5) is 5.69 Å². The van der Waals surface area contributed by atoms with Crippen molar-refractivity contribution in [2.75, 3.05) is 11.9 Å². The summed E-state index contributed by atoms with van der Waals surface area (Å²) in [6.45, 7) is 3.40.